The average molecular weight is 522 g/mol. The fraction of sp³-hybridized carbons (Fsp3) is 0.0345. The summed E-state index contributed by atoms with van der Waals surface area (Å²) < 4.78 is 63.6. The zero-order valence-corrected chi connectivity index (χ0v) is 20.1. The molecule has 3 aromatic rings. The molecule has 9 heteroatoms. The van der Waals surface area contributed by atoms with E-state index >= 15 is 0 Å². The van der Waals surface area contributed by atoms with Gasteiger partial charge in [0.1, 0.15) is 42.4 Å². The van der Waals surface area contributed by atoms with Gasteiger partial charge < -0.3 is 18.9 Å². The lowest BCUT2D eigenvalue weighted by Crippen LogP contribution is -1.99. The van der Waals surface area contributed by atoms with Crippen molar-refractivity contribution >= 4 is 11.9 Å². The van der Waals surface area contributed by atoms with E-state index < -0.39 is 29.4 Å². The topological polar surface area (TPSA) is 71.1 Å². The first-order chi connectivity index (χ1) is 18.2. The van der Waals surface area contributed by atoms with E-state index in [1.165, 1.54) is 43.3 Å². The Bertz CT molecular complexity index is 1440. The molecule has 0 radical (unpaired) electrons. The molecule has 3 aromatic carbocycles. The number of benzene rings is 3. The quantitative estimate of drug-likeness (QED) is 0.162. The van der Waals surface area contributed by atoms with Crippen LogP contribution < -0.4 is 9.47 Å². The summed E-state index contributed by atoms with van der Waals surface area (Å²) in [6.45, 7) is 8.15. The normalized spacial score (nSPS) is 10.8. The highest BCUT2D eigenvalue weighted by Gasteiger charge is 2.13. The number of esters is 2. The Kier molecular flexibility index (Phi) is 9.26. The molecule has 0 amide bonds. The fourth-order valence-electron chi connectivity index (χ4n) is 3.02. The van der Waals surface area contributed by atoms with Gasteiger partial charge in [0.15, 0.2) is 11.6 Å². The highest BCUT2D eigenvalue weighted by molar-refractivity contribution is 5.87. The van der Waals surface area contributed by atoms with Gasteiger partial charge in [0.05, 0.1) is 0 Å². The van der Waals surface area contributed by atoms with Gasteiger partial charge in [0.25, 0.3) is 0 Å². The van der Waals surface area contributed by atoms with E-state index in [2.05, 4.69) is 17.9 Å². The van der Waals surface area contributed by atoms with Crippen molar-refractivity contribution in [1.82, 2.24) is 0 Å². The Morgan fingerprint density at radius 2 is 1.32 bits per heavy atom. The van der Waals surface area contributed by atoms with Crippen molar-refractivity contribution in [3.63, 3.8) is 0 Å². The minimum absolute atomic E-state index is 0.0875. The van der Waals surface area contributed by atoms with Crippen molar-refractivity contribution in [2.24, 2.45) is 0 Å². The van der Waals surface area contributed by atoms with E-state index in [0.29, 0.717) is 0 Å². The molecule has 194 valence electrons. The molecule has 0 atom stereocenters. The van der Waals surface area contributed by atoms with Crippen LogP contribution in [0.3, 0.4) is 0 Å². The molecule has 0 aliphatic carbocycles. The van der Waals surface area contributed by atoms with Crippen LogP contribution >= 0.6 is 0 Å². The van der Waals surface area contributed by atoms with Crippen LogP contribution in [0.15, 0.2) is 104 Å². The van der Waals surface area contributed by atoms with Crippen molar-refractivity contribution in [3.05, 3.63) is 122 Å². The number of hydrogen-bond acceptors (Lipinski definition) is 6. The lowest BCUT2D eigenvalue weighted by molar-refractivity contribution is -0.134. The van der Waals surface area contributed by atoms with Crippen LogP contribution in [0.2, 0.25) is 0 Å². The molecule has 6 nitrogen and oxygen atoms in total. The first kappa shape index (κ1) is 27.5. The summed E-state index contributed by atoms with van der Waals surface area (Å²) in [4.78, 5) is 22.3. The van der Waals surface area contributed by atoms with Crippen molar-refractivity contribution in [2.45, 2.75) is 6.92 Å². The van der Waals surface area contributed by atoms with Crippen LogP contribution in [-0.4, -0.2) is 11.9 Å². The molecule has 0 heterocycles. The SMILES string of the molecule is C=CC(=O)O/C=C\Oc1ccc(-c2ccc(-c3ccc(O/C=C\OC(=O)C(=C)C)cc3F)cc2F)cc1F. The molecule has 0 spiro atoms. The molecular formula is C29H21F3O6. The Morgan fingerprint density at radius 3 is 1.92 bits per heavy atom. The zero-order valence-electron chi connectivity index (χ0n) is 20.1. The maximum Gasteiger partial charge on any atom is 0.338 e. The molecule has 0 saturated carbocycles. The van der Waals surface area contributed by atoms with Gasteiger partial charge in [-0.3, -0.25) is 0 Å². The van der Waals surface area contributed by atoms with Gasteiger partial charge in [-0.15, -0.1) is 0 Å². The number of rotatable bonds is 10. The summed E-state index contributed by atoms with van der Waals surface area (Å²) in [5.74, 6) is -3.56. The number of halogens is 3. The van der Waals surface area contributed by atoms with Crippen molar-refractivity contribution in [2.75, 3.05) is 0 Å². The maximum atomic E-state index is 14.9. The number of carbonyl (C=O) groups is 2. The van der Waals surface area contributed by atoms with Gasteiger partial charge in [-0.1, -0.05) is 31.4 Å². The van der Waals surface area contributed by atoms with Gasteiger partial charge >= 0.3 is 11.9 Å². The smallest absolute Gasteiger partial charge is 0.338 e. The van der Waals surface area contributed by atoms with Crippen LogP contribution in [-0.2, 0) is 19.1 Å². The molecule has 0 fully saturated rings. The van der Waals surface area contributed by atoms with Crippen LogP contribution in [0.1, 0.15) is 6.92 Å². The summed E-state index contributed by atoms with van der Waals surface area (Å²) in [7, 11) is 0. The second kappa shape index (κ2) is 12.8. The van der Waals surface area contributed by atoms with Crippen LogP contribution in [0.4, 0.5) is 13.2 Å². The van der Waals surface area contributed by atoms with Crippen LogP contribution in [0.5, 0.6) is 11.5 Å². The van der Waals surface area contributed by atoms with Gasteiger partial charge in [0.2, 0.25) is 0 Å². The number of hydrogen-bond donors (Lipinski definition) is 0. The highest BCUT2D eigenvalue weighted by Crippen LogP contribution is 2.32. The lowest BCUT2D eigenvalue weighted by Gasteiger charge is -2.10. The van der Waals surface area contributed by atoms with E-state index in [-0.39, 0.29) is 39.3 Å². The van der Waals surface area contributed by atoms with E-state index in [1.807, 2.05) is 0 Å². The second-order valence-corrected chi connectivity index (χ2v) is 7.59. The molecule has 0 bridgehead atoms. The van der Waals surface area contributed by atoms with Crippen molar-refractivity contribution < 1.29 is 41.7 Å². The first-order valence-corrected chi connectivity index (χ1v) is 10.9. The molecule has 0 saturated heterocycles. The Balaban J connectivity index is 1.71. The molecular weight excluding hydrogens is 501 g/mol. The van der Waals surface area contributed by atoms with Gasteiger partial charge in [-0.25, -0.2) is 22.8 Å². The number of ether oxygens (including phenoxy) is 4. The maximum absolute atomic E-state index is 14.9. The molecule has 0 aliphatic heterocycles. The van der Waals surface area contributed by atoms with E-state index in [0.717, 1.165) is 49.3 Å². The largest absolute Gasteiger partial charge is 0.462 e. The van der Waals surface area contributed by atoms with Crippen molar-refractivity contribution in [1.29, 1.82) is 0 Å². The third-order valence-electron chi connectivity index (χ3n) is 4.85. The predicted molar refractivity (Wildman–Crippen MR) is 134 cm³/mol. The Hall–Kier alpha value is -5.05. The standard InChI is InChI=1S/C29H21F3O6/c1-4-28(33)37-13-12-36-27-10-6-20(16-26(27)32)22-8-5-19(15-24(22)30)23-9-7-21(17-25(23)31)35-11-14-38-29(34)18(2)3/h4-17H,1-2H2,3H3/b13-12-,14-11-. The summed E-state index contributed by atoms with van der Waals surface area (Å²) >= 11 is 0. The third kappa shape index (κ3) is 7.23. The lowest BCUT2D eigenvalue weighted by atomic mass is 9.99. The molecule has 0 aliphatic rings. The van der Waals surface area contributed by atoms with E-state index in [4.69, 9.17) is 14.2 Å². The number of carbonyl (C=O) groups excluding carboxylic acids is 2. The zero-order chi connectivity index (χ0) is 27.7. The first-order valence-electron chi connectivity index (χ1n) is 10.9. The minimum atomic E-state index is -0.782. The minimum Gasteiger partial charge on any atom is -0.462 e. The summed E-state index contributed by atoms with van der Waals surface area (Å²) in [6.07, 6.45) is 4.90. The van der Waals surface area contributed by atoms with E-state index in [9.17, 15) is 22.8 Å². The second-order valence-electron chi connectivity index (χ2n) is 7.59. The summed E-state index contributed by atoms with van der Waals surface area (Å²) in [5.41, 5.74) is 0.881. The Labute approximate surface area is 216 Å². The van der Waals surface area contributed by atoms with Crippen LogP contribution in [0.25, 0.3) is 22.3 Å². The highest BCUT2D eigenvalue weighted by atomic mass is 19.1. The van der Waals surface area contributed by atoms with Gasteiger partial charge in [-0.05, 0) is 48.4 Å². The van der Waals surface area contributed by atoms with Crippen LogP contribution in [0, 0.1) is 17.5 Å². The summed E-state index contributed by atoms with van der Waals surface area (Å²) in [5, 5.41) is 0. The predicted octanol–water partition coefficient (Wildman–Crippen LogP) is 6.99. The monoisotopic (exact) mass is 522 g/mol. The molecule has 0 N–H and O–H groups in total. The fourth-order valence-corrected chi connectivity index (χ4v) is 3.02. The molecule has 0 unspecified atom stereocenters. The summed E-state index contributed by atoms with van der Waals surface area (Å²) in [6, 6.07) is 11.8. The van der Waals surface area contributed by atoms with E-state index in [1.54, 1.807) is 0 Å². The molecule has 38 heavy (non-hydrogen) atoms. The third-order valence-corrected chi connectivity index (χ3v) is 4.85. The molecule has 3 rings (SSSR count). The Morgan fingerprint density at radius 1 is 0.737 bits per heavy atom. The average Bonchev–Trinajstić information content (AvgIpc) is 2.89. The van der Waals surface area contributed by atoms with Crippen molar-refractivity contribution in [3.8, 4) is 33.8 Å². The molecule has 0 aromatic heterocycles. The van der Waals surface area contributed by atoms with Gasteiger partial charge in [0, 0.05) is 28.8 Å². The van der Waals surface area contributed by atoms with Gasteiger partial charge in [-0.2, -0.15) is 0 Å².